The van der Waals surface area contributed by atoms with Gasteiger partial charge in [0.15, 0.2) is 0 Å². The minimum Gasteiger partial charge on any atom is -0.367 e. The SMILES string of the molecule is Cc1ccc(Nc2nc(C)cc(NC3CCCCC3)n2)c(Br)c1. The minimum atomic E-state index is 0.539. The molecule has 2 N–H and O–H groups in total. The van der Waals surface area contributed by atoms with Crippen molar-refractivity contribution in [2.45, 2.75) is 52.0 Å². The molecule has 3 rings (SSSR count). The van der Waals surface area contributed by atoms with Gasteiger partial charge in [-0.2, -0.15) is 4.98 Å². The summed E-state index contributed by atoms with van der Waals surface area (Å²) in [7, 11) is 0. The van der Waals surface area contributed by atoms with Crippen molar-refractivity contribution in [3.05, 3.63) is 40.0 Å². The van der Waals surface area contributed by atoms with E-state index in [0.29, 0.717) is 12.0 Å². The lowest BCUT2D eigenvalue weighted by atomic mass is 9.95. The lowest BCUT2D eigenvalue weighted by Crippen LogP contribution is -2.23. The fourth-order valence-corrected chi connectivity index (χ4v) is 3.59. The third kappa shape index (κ3) is 4.44. The number of benzene rings is 1. The van der Waals surface area contributed by atoms with Gasteiger partial charge >= 0.3 is 0 Å². The lowest BCUT2D eigenvalue weighted by molar-refractivity contribution is 0.462. The quantitative estimate of drug-likeness (QED) is 0.757. The lowest BCUT2D eigenvalue weighted by Gasteiger charge is -2.23. The molecular formula is C18H23BrN4. The number of aryl methyl sites for hydroxylation is 2. The molecule has 0 unspecified atom stereocenters. The molecule has 1 saturated carbocycles. The highest BCUT2D eigenvalue weighted by molar-refractivity contribution is 9.10. The Labute approximate surface area is 146 Å². The van der Waals surface area contributed by atoms with Crippen LogP contribution in [0.1, 0.15) is 43.4 Å². The Morgan fingerprint density at radius 3 is 2.57 bits per heavy atom. The molecule has 1 aromatic carbocycles. The second-order valence-corrected chi connectivity index (χ2v) is 7.16. The number of hydrogen-bond acceptors (Lipinski definition) is 4. The van der Waals surface area contributed by atoms with Crippen LogP contribution in [0.4, 0.5) is 17.5 Å². The fraction of sp³-hybridized carbons (Fsp3) is 0.444. The van der Waals surface area contributed by atoms with E-state index in [4.69, 9.17) is 0 Å². The molecule has 1 aliphatic carbocycles. The zero-order valence-electron chi connectivity index (χ0n) is 13.7. The second-order valence-electron chi connectivity index (χ2n) is 6.31. The summed E-state index contributed by atoms with van der Waals surface area (Å²) < 4.78 is 1.02. The molecule has 0 atom stereocenters. The molecule has 0 radical (unpaired) electrons. The number of nitrogens with zero attached hydrogens (tertiary/aromatic N) is 2. The average molecular weight is 375 g/mol. The smallest absolute Gasteiger partial charge is 0.229 e. The van der Waals surface area contributed by atoms with Crippen molar-refractivity contribution in [2.24, 2.45) is 0 Å². The van der Waals surface area contributed by atoms with E-state index < -0.39 is 0 Å². The predicted octanol–water partition coefficient (Wildman–Crippen LogP) is 5.34. The largest absolute Gasteiger partial charge is 0.367 e. The Kier molecular flexibility index (Phi) is 5.16. The first kappa shape index (κ1) is 16.2. The number of aromatic nitrogens is 2. The summed E-state index contributed by atoms with van der Waals surface area (Å²) in [6.07, 6.45) is 6.44. The summed E-state index contributed by atoms with van der Waals surface area (Å²) in [6.45, 7) is 4.08. The fourth-order valence-electron chi connectivity index (χ4n) is 3.00. The monoisotopic (exact) mass is 374 g/mol. The highest BCUT2D eigenvalue weighted by Gasteiger charge is 2.14. The minimum absolute atomic E-state index is 0.539. The number of hydrogen-bond donors (Lipinski definition) is 2. The maximum atomic E-state index is 4.63. The van der Waals surface area contributed by atoms with Gasteiger partial charge < -0.3 is 10.6 Å². The van der Waals surface area contributed by atoms with Crippen LogP contribution >= 0.6 is 15.9 Å². The molecule has 0 spiro atoms. The molecule has 0 bridgehead atoms. The van der Waals surface area contributed by atoms with Crippen molar-refractivity contribution >= 4 is 33.4 Å². The van der Waals surface area contributed by atoms with Gasteiger partial charge in [-0.25, -0.2) is 4.98 Å². The van der Waals surface area contributed by atoms with Crippen LogP contribution in [-0.2, 0) is 0 Å². The van der Waals surface area contributed by atoms with E-state index in [1.165, 1.54) is 37.7 Å². The Bertz CT molecular complexity index is 681. The van der Waals surface area contributed by atoms with Gasteiger partial charge in [-0.3, -0.25) is 0 Å². The van der Waals surface area contributed by atoms with Gasteiger partial charge in [0.25, 0.3) is 0 Å². The van der Waals surface area contributed by atoms with Crippen LogP contribution in [0.15, 0.2) is 28.7 Å². The topological polar surface area (TPSA) is 49.8 Å². The van der Waals surface area contributed by atoms with Gasteiger partial charge in [-0.05, 0) is 60.3 Å². The van der Waals surface area contributed by atoms with E-state index in [1.54, 1.807) is 0 Å². The summed E-state index contributed by atoms with van der Waals surface area (Å²) in [4.78, 5) is 9.14. The maximum Gasteiger partial charge on any atom is 0.229 e. The number of nitrogens with one attached hydrogen (secondary N) is 2. The zero-order chi connectivity index (χ0) is 16.2. The summed E-state index contributed by atoms with van der Waals surface area (Å²) in [5, 5.41) is 6.88. The van der Waals surface area contributed by atoms with Gasteiger partial charge in [0.2, 0.25) is 5.95 Å². The van der Waals surface area contributed by atoms with E-state index in [-0.39, 0.29) is 0 Å². The van der Waals surface area contributed by atoms with Gasteiger partial charge in [0, 0.05) is 22.3 Å². The Hall–Kier alpha value is -1.62. The molecule has 1 aliphatic rings. The van der Waals surface area contributed by atoms with Crippen LogP contribution in [0.25, 0.3) is 0 Å². The predicted molar refractivity (Wildman–Crippen MR) is 99.4 cm³/mol. The van der Waals surface area contributed by atoms with Crippen LogP contribution in [0.5, 0.6) is 0 Å². The summed E-state index contributed by atoms with van der Waals surface area (Å²) in [6, 6.07) is 8.75. The van der Waals surface area contributed by atoms with Crippen LogP contribution in [0.2, 0.25) is 0 Å². The van der Waals surface area contributed by atoms with Crippen molar-refractivity contribution in [1.82, 2.24) is 9.97 Å². The molecule has 23 heavy (non-hydrogen) atoms. The van der Waals surface area contributed by atoms with E-state index in [0.717, 1.165) is 21.7 Å². The Balaban J connectivity index is 1.76. The highest BCUT2D eigenvalue weighted by atomic mass is 79.9. The molecule has 4 nitrogen and oxygen atoms in total. The number of anilines is 3. The third-order valence-electron chi connectivity index (χ3n) is 4.18. The van der Waals surface area contributed by atoms with Crippen molar-refractivity contribution in [2.75, 3.05) is 10.6 Å². The maximum absolute atomic E-state index is 4.63. The van der Waals surface area contributed by atoms with Crippen LogP contribution < -0.4 is 10.6 Å². The standard InChI is InChI=1S/C18H23BrN4/c1-12-8-9-16(15(19)10-12)22-18-20-13(2)11-17(23-18)21-14-6-4-3-5-7-14/h8-11,14H,3-7H2,1-2H3,(H2,20,21,22,23). The third-order valence-corrected chi connectivity index (χ3v) is 4.84. The van der Waals surface area contributed by atoms with E-state index in [9.17, 15) is 0 Å². The molecule has 1 fully saturated rings. The van der Waals surface area contributed by atoms with Gasteiger partial charge in [-0.15, -0.1) is 0 Å². The molecular weight excluding hydrogens is 352 g/mol. The van der Waals surface area contributed by atoms with E-state index in [2.05, 4.69) is 55.6 Å². The average Bonchev–Trinajstić information content (AvgIpc) is 2.50. The molecule has 1 aromatic heterocycles. The summed E-state index contributed by atoms with van der Waals surface area (Å²) >= 11 is 3.59. The van der Waals surface area contributed by atoms with Crippen LogP contribution in [0, 0.1) is 13.8 Å². The molecule has 5 heteroatoms. The van der Waals surface area contributed by atoms with E-state index >= 15 is 0 Å². The summed E-state index contributed by atoms with van der Waals surface area (Å²) in [5.41, 5.74) is 3.15. The first-order chi connectivity index (χ1) is 11.1. The molecule has 0 amide bonds. The molecule has 0 saturated heterocycles. The molecule has 2 aromatic rings. The molecule has 1 heterocycles. The zero-order valence-corrected chi connectivity index (χ0v) is 15.3. The molecule has 122 valence electrons. The van der Waals surface area contributed by atoms with Gasteiger partial charge in [0.1, 0.15) is 5.82 Å². The second kappa shape index (κ2) is 7.30. The van der Waals surface area contributed by atoms with Crippen molar-refractivity contribution in [3.63, 3.8) is 0 Å². The Morgan fingerprint density at radius 1 is 1.04 bits per heavy atom. The van der Waals surface area contributed by atoms with E-state index in [1.807, 2.05) is 19.1 Å². The number of halogens is 1. The summed E-state index contributed by atoms with van der Waals surface area (Å²) in [5.74, 6) is 1.54. The van der Waals surface area contributed by atoms with Crippen LogP contribution in [0.3, 0.4) is 0 Å². The van der Waals surface area contributed by atoms with Gasteiger partial charge in [-0.1, -0.05) is 25.3 Å². The van der Waals surface area contributed by atoms with Gasteiger partial charge in [0.05, 0.1) is 5.69 Å². The number of rotatable bonds is 4. The van der Waals surface area contributed by atoms with Crippen LogP contribution in [-0.4, -0.2) is 16.0 Å². The normalized spacial score (nSPS) is 15.4. The molecule has 0 aliphatic heterocycles. The van der Waals surface area contributed by atoms with Crippen molar-refractivity contribution in [3.8, 4) is 0 Å². The first-order valence-electron chi connectivity index (χ1n) is 8.25. The van der Waals surface area contributed by atoms with Crippen molar-refractivity contribution < 1.29 is 0 Å². The van der Waals surface area contributed by atoms with Crippen molar-refractivity contribution in [1.29, 1.82) is 0 Å². The first-order valence-corrected chi connectivity index (χ1v) is 9.05. The Morgan fingerprint density at radius 2 is 1.83 bits per heavy atom. The highest BCUT2D eigenvalue weighted by Crippen LogP contribution is 2.27.